The number of fused-ring (bicyclic) bond motifs is 1. The fourth-order valence-electron chi connectivity index (χ4n) is 6.48. The summed E-state index contributed by atoms with van der Waals surface area (Å²) in [6, 6.07) is 26.5. The van der Waals surface area contributed by atoms with Gasteiger partial charge in [-0.05, 0) is 51.9 Å². The van der Waals surface area contributed by atoms with Gasteiger partial charge in [0.15, 0.2) is 17.0 Å². The molecule has 7 rings (SSSR count). The molecule has 3 aromatic carbocycles. The summed E-state index contributed by atoms with van der Waals surface area (Å²) in [4.78, 5) is 32.3. The summed E-state index contributed by atoms with van der Waals surface area (Å²) in [7, 11) is 1.57. The van der Waals surface area contributed by atoms with Gasteiger partial charge in [0.2, 0.25) is 0 Å². The number of rotatable bonds is 8. The van der Waals surface area contributed by atoms with Crippen molar-refractivity contribution >= 4 is 11.2 Å². The molecule has 0 spiro atoms. The van der Waals surface area contributed by atoms with Crippen molar-refractivity contribution in [3.8, 4) is 22.5 Å². The summed E-state index contributed by atoms with van der Waals surface area (Å²) in [5, 5.41) is 14.4. The summed E-state index contributed by atoms with van der Waals surface area (Å²) in [5.74, 6) is 1.77. The van der Waals surface area contributed by atoms with Crippen molar-refractivity contribution in [2.75, 3.05) is 0 Å². The van der Waals surface area contributed by atoms with Crippen molar-refractivity contribution in [1.29, 1.82) is 0 Å². The van der Waals surface area contributed by atoms with Gasteiger partial charge in [-0.3, -0.25) is 13.9 Å². The van der Waals surface area contributed by atoms with Gasteiger partial charge in [0.05, 0.1) is 0 Å². The first-order valence-corrected chi connectivity index (χ1v) is 15.2. The number of nitrogens with zero attached hydrogens (tertiary/aromatic N) is 7. The Morgan fingerprint density at radius 2 is 1.55 bits per heavy atom. The predicted molar refractivity (Wildman–Crippen MR) is 169 cm³/mol. The molecule has 222 valence electrons. The zero-order chi connectivity index (χ0) is 30.0. The highest BCUT2D eigenvalue weighted by Crippen LogP contribution is 2.34. The van der Waals surface area contributed by atoms with E-state index < -0.39 is 0 Å². The van der Waals surface area contributed by atoms with Crippen LogP contribution in [0.3, 0.4) is 0 Å². The third-order valence-electron chi connectivity index (χ3n) is 8.83. The second-order valence-electron chi connectivity index (χ2n) is 11.6. The van der Waals surface area contributed by atoms with Gasteiger partial charge in [-0.2, -0.15) is 0 Å². The third kappa shape index (κ3) is 5.16. The van der Waals surface area contributed by atoms with Crippen LogP contribution in [0.4, 0.5) is 0 Å². The van der Waals surface area contributed by atoms with Crippen LogP contribution in [-0.4, -0.2) is 39.3 Å². The molecule has 3 heterocycles. The molecule has 1 fully saturated rings. The van der Waals surface area contributed by atoms with Crippen LogP contribution < -0.4 is 11.2 Å². The Kier molecular flexibility index (Phi) is 7.47. The Morgan fingerprint density at radius 3 is 2.27 bits per heavy atom. The second kappa shape index (κ2) is 11.9. The summed E-state index contributed by atoms with van der Waals surface area (Å²) in [6.45, 7) is 0.936. The van der Waals surface area contributed by atoms with E-state index in [1.807, 2.05) is 36.4 Å². The van der Waals surface area contributed by atoms with Gasteiger partial charge in [0.1, 0.15) is 5.82 Å². The van der Waals surface area contributed by atoms with Crippen LogP contribution >= 0.6 is 0 Å². The molecule has 1 aliphatic carbocycles. The molecule has 0 atom stereocenters. The third-order valence-corrected chi connectivity index (χ3v) is 8.83. The molecule has 0 aliphatic heterocycles. The summed E-state index contributed by atoms with van der Waals surface area (Å²) in [5.41, 5.74) is 5.50. The number of aromatic amines is 1. The van der Waals surface area contributed by atoms with Crippen LogP contribution in [0.5, 0.6) is 0 Å². The van der Waals surface area contributed by atoms with Gasteiger partial charge in [0.25, 0.3) is 5.56 Å². The average molecular weight is 587 g/mol. The quantitative estimate of drug-likeness (QED) is 0.266. The van der Waals surface area contributed by atoms with E-state index in [1.165, 1.54) is 11.0 Å². The lowest BCUT2D eigenvalue weighted by Crippen LogP contribution is -2.39. The predicted octanol–water partition coefficient (Wildman–Crippen LogP) is 5.08. The van der Waals surface area contributed by atoms with E-state index in [0.29, 0.717) is 36.5 Å². The number of benzene rings is 3. The Balaban J connectivity index is 1.30. The van der Waals surface area contributed by atoms with Gasteiger partial charge in [0, 0.05) is 31.6 Å². The maximum Gasteiger partial charge on any atom is 0.332 e. The Hall–Kier alpha value is -5.12. The Labute approximate surface area is 254 Å². The lowest BCUT2D eigenvalue weighted by atomic mass is 9.88. The number of nitrogens with one attached hydrogen (secondary N) is 1. The highest BCUT2D eigenvalue weighted by atomic mass is 16.2. The van der Waals surface area contributed by atoms with Crippen LogP contribution in [0.2, 0.25) is 0 Å². The van der Waals surface area contributed by atoms with E-state index >= 15 is 0 Å². The van der Waals surface area contributed by atoms with Gasteiger partial charge >= 0.3 is 5.69 Å². The van der Waals surface area contributed by atoms with Crippen LogP contribution in [0.15, 0.2) is 88.5 Å². The number of hydrogen-bond acceptors (Lipinski definition) is 6. The number of H-pyrrole nitrogens is 1. The van der Waals surface area contributed by atoms with E-state index in [1.54, 1.807) is 11.6 Å². The number of imidazole rings is 1. The molecular formula is C34H34N8O2. The normalized spacial score (nSPS) is 13.9. The molecular weight excluding hydrogens is 552 g/mol. The monoisotopic (exact) mass is 586 g/mol. The van der Waals surface area contributed by atoms with Crippen LogP contribution in [-0.2, 0) is 26.6 Å². The van der Waals surface area contributed by atoms with Crippen LogP contribution in [0.1, 0.15) is 55.0 Å². The van der Waals surface area contributed by atoms with E-state index in [2.05, 4.69) is 67.7 Å². The largest absolute Gasteiger partial charge is 0.332 e. The molecule has 0 saturated heterocycles. The summed E-state index contributed by atoms with van der Waals surface area (Å²) >= 11 is 0. The first kappa shape index (κ1) is 27.7. The molecule has 44 heavy (non-hydrogen) atoms. The van der Waals surface area contributed by atoms with Gasteiger partial charge in [-0.1, -0.05) is 98.1 Å². The van der Waals surface area contributed by atoms with Crippen molar-refractivity contribution < 1.29 is 0 Å². The highest BCUT2D eigenvalue weighted by molar-refractivity contribution is 5.80. The minimum Gasteiger partial charge on any atom is -0.317 e. The summed E-state index contributed by atoms with van der Waals surface area (Å²) in [6.07, 6.45) is 6.23. The zero-order valence-corrected chi connectivity index (χ0v) is 24.7. The van der Waals surface area contributed by atoms with E-state index in [-0.39, 0.29) is 17.2 Å². The summed E-state index contributed by atoms with van der Waals surface area (Å²) < 4.78 is 4.99. The lowest BCUT2D eigenvalue weighted by Gasteiger charge is -2.22. The smallest absolute Gasteiger partial charge is 0.317 e. The maximum atomic E-state index is 13.7. The Morgan fingerprint density at radius 1 is 0.818 bits per heavy atom. The van der Waals surface area contributed by atoms with Crippen LogP contribution in [0.25, 0.3) is 33.7 Å². The maximum absolute atomic E-state index is 13.7. The van der Waals surface area contributed by atoms with Gasteiger partial charge < -0.3 is 4.57 Å². The van der Waals surface area contributed by atoms with Crippen molar-refractivity contribution in [3.05, 3.63) is 117 Å². The molecule has 1 N–H and O–H groups in total. The van der Waals surface area contributed by atoms with Gasteiger partial charge in [-0.25, -0.2) is 14.9 Å². The zero-order valence-electron chi connectivity index (χ0n) is 24.7. The lowest BCUT2D eigenvalue weighted by molar-refractivity contribution is 0.419. The van der Waals surface area contributed by atoms with E-state index in [9.17, 15) is 9.59 Å². The van der Waals surface area contributed by atoms with Crippen LogP contribution in [0, 0.1) is 0 Å². The minimum atomic E-state index is -0.330. The SMILES string of the molecule is Cn1c(=O)c2c(nc(C3CCCCC3)n2Cc2ccc(-c3ccccc3-c3nnn[nH]3)cc2)n(CCc2ccccc2)c1=O. The molecule has 6 aromatic rings. The van der Waals surface area contributed by atoms with Gasteiger partial charge in [-0.15, -0.1) is 5.10 Å². The molecule has 10 nitrogen and oxygen atoms in total. The molecule has 0 unspecified atom stereocenters. The number of hydrogen-bond donors (Lipinski definition) is 1. The fourth-order valence-corrected chi connectivity index (χ4v) is 6.48. The van der Waals surface area contributed by atoms with Crippen molar-refractivity contribution in [1.82, 2.24) is 39.3 Å². The number of aryl methyl sites for hydroxylation is 2. The molecule has 0 bridgehead atoms. The molecule has 1 saturated carbocycles. The highest BCUT2D eigenvalue weighted by Gasteiger charge is 2.26. The molecule has 1 aliphatic rings. The Bertz CT molecular complexity index is 2020. The topological polar surface area (TPSA) is 116 Å². The van der Waals surface area contributed by atoms with Crippen molar-refractivity contribution in [2.45, 2.75) is 57.5 Å². The van der Waals surface area contributed by atoms with Crippen molar-refractivity contribution in [3.63, 3.8) is 0 Å². The second-order valence-corrected chi connectivity index (χ2v) is 11.6. The van der Waals surface area contributed by atoms with Crippen molar-refractivity contribution in [2.24, 2.45) is 7.05 Å². The molecule has 0 radical (unpaired) electrons. The fraction of sp³-hybridized carbons (Fsp3) is 0.294. The van der Waals surface area contributed by atoms with E-state index in [0.717, 1.165) is 59.3 Å². The first-order valence-electron chi connectivity index (χ1n) is 15.2. The van der Waals surface area contributed by atoms with E-state index in [4.69, 9.17) is 4.98 Å². The molecule has 10 heteroatoms. The average Bonchev–Trinajstić information content (AvgIpc) is 3.74. The first-order chi connectivity index (χ1) is 21.6. The molecule has 0 amide bonds. The standard InChI is InChI=1S/C34H34N8O2/c1-40-33(43)29-32(41(34(40)44)21-20-23-10-4-2-5-11-23)35-31(26-12-6-3-7-13-26)42(29)22-24-16-18-25(19-17-24)27-14-8-9-15-28(27)30-36-38-39-37-30/h2,4-5,8-11,14-19,26H,3,6-7,12-13,20-22H2,1H3,(H,36,37,38,39). The number of aromatic nitrogens is 8. The molecule has 3 aromatic heterocycles. The number of tetrazole rings is 1. The minimum absolute atomic E-state index is 0.250.